The number of nitrogen functional groups attached to an aromatic ring is 1. The molecular weight excluding hydrogens is 472 g/mol. The molecule has 0 saturated carbocycles. The van der Waals surface area contributed by atoms with Crippen molar-refractivity contribution in [1.82, 2.24) is 30.3 Å². The molecule has 188 valence electrons. The van der Waals surface area contributed by atoms with E-state index in [4.69, 9.17) is 19.8 Å². The zero-order chi connectivity index (χ0) is 25.8. The average molecular weight is 496 g/mol. The van der Waals surface area contributed by atoms with Gasteiger partial charge in [-0.25, -0.2) is 29.6 Å². The van der Waals surface area contributed by atoms with Gasteiger partial charge in [0, 0.05) is 12.1 Å². The van der Waals surface area contributed by atoms with Crippen LogP contribution in [-0.4, -0.2) is 55.4 Å². The summed E-state index contributed by atoms with van der Waals surface area (Å²) < 4.78 is 16.3. The fourth-order valence-electron chi connectivity index (χ4n) is 3.60. The van der Waals surface area contributed by atoms with E-state index in [1.54, 1.807) is 42.7 Å². The summed E-state index contributed by atoms with van der Waals surface area (Å²) in [5, 5.41) is 19.5. The summed E-state index contributed by atoms with van der Waals surface area (Å²) in [6.07, 6.45) is -1.93. The number of nitrogens with one attached hydrogen (secondary N) is 1. The third-order valence-electron chi connectivity index (χ3n) is 5.08. The SMILES string of the molecule is CCOC(=O)NN(C(=O)OCC)c1nc(-c2ccccc2)c2nc(-c3nonc3N)n(CC)c2c1O. The number of anilines is 2. The molecule has 36 heavy (non-hydrogen) atoms. The highest BCUT2D eigenvalue weighted by atomic mass is 16.6. The van der Waals surface area contributed by atoms with E-state index in [0.29, 0.717) is 28.3 Å². The highest BCUT2D eigenvalue weighted by Gasteiger charge is 2.31. The van der Waals surface area contributed by atoms with E-state index in [1.807, 2.05) is 13.0 Å². The Bertz CT molecular complexity index is 1400. The normalized spacial score (nSPS) is 10.9. The third-order valence-corrected chi connectivity index (χ3v) is 5.08. The van der Waals surface area contributed by atoms with Gasteiger partial charge in [-0.15, -0.1) is 0 Å². The van der Waals surface area contributed by atoms with Crippen LogP contribution in [0.3, 0.4) is 0 Å². The van der Waals surface area contributed by atoms with Crippen molar-refractivity contribution in [3.63, 3.8) is 0 Å². The number of aryl methyl sites for hydroxylation is 1. The summed E-state index contributed by atoms with van der Waals surface area (Å²) >= 11 is 0. The molecule has 4 N–H and O–H groups in total. The number of aromatic hydroxyl groups is 1. The molecule has 2 amide bonds. The summed E-state index contributed by atoms with van der Waals surface area (Å²) in [5.41, 5.74) is 9.78. The Labute approximate surface area is 204 Å². The number of nitrogens with two attached hydrogens (primary N) is 1. The van der Waals surface area contributed by atoms with Crippen molar-refractivity contribution < 1.29 is 28.8 Å². The number of aromatic nitrogens is 5. The molecule has 4 aromatic rings. The molecule has 0 fully saturated rings. The molecule has 0 aliphatic carbocycles. The molecule has 0 radical (unpaired) electrons. The number of carbonyl (C=O) groups excluding carboxylic acids is 2. The molecule has 3 aromatic heterocycles. The first-order valence-electron chi connectivity index (χ1n) is 11.1. The van der Waals surface area contributed by atoms with Crippen LogP contribution >= 0.6 is 0 Å². The van der Waals surface area contributed by atoms with E-state index in [1.165, 1.54) is 0 Å². The number of benzene rings is 1. The van der Waals surface area contributed by atoms with Crippen LogP contribution in [0.25, 0.3) is 33.8 Å². The van der Waals surface area contributed by atoms with Crippen molar-refractivity contribution in [3.05, 3.63) is 30.3 Å². The third kappa shape index (κ3) is 4.31. The molecule has 0 unspecified atom stereocenters. The number of carbonyl (C=O) groups is 2. The number of imidazole rings is 1. The van der Waals surface area contributed by atoms with Gasteiger partial charge < -0.3 is 24.9 Å². The molecule has 0 aliphatic heterocycles. The van der Waals surface area contributed by atoms with Gasteiger partial charge in [0.2, 0.25) is 5.82 Å². The highest BCUT2D eigenvalue weighted by molar-refractivity contribution is 6.02. The van der Waals surface area contributed by atoms with Gasteiger partial charge in [0.15, 0.2) is 23.1 Å². The smallest absolute Gasteiger partial charge is 0.435 e. The predicted octanol–water partition coefficient (Wildman–Crippen LogP) is 3.08. The summed E-state index contributed by atoms with van der Waals surface area (Å²) in [7, 11) is 0. The molecule has 0 saturated heterocycles. The molecule has 14 heteroatoms. The zero-order valence-electron chi connectivity index (χ0n) is 19.8. The van der Waals surface area contributed by atoms with Crippen LogP contribution in [0.15, 0.2) is 35.0 Å². The van der Waals surface area contributed by atoms with Crippen LogP contribution in [0.1, 0.15) is 20.8 Å². The van der Waals surface area contributed by atoms with Crippen molar-refractivity contribution in [2.75, 3.05) is 24.0 Å². The summed E-state index contributed by atoms with van der Waals surface area (Å²) in [4.78, 5) is 34.2. The minimum absolute atomic E-state index is 0.00383. The summed E-state index contributed by atoms with van der Waals surface area (Å²) in [6.45, 7) is 5.39. The summed E-state index contributed by atoms with van der Waals surface area (Å²) in [5.74, 6) is -0.491. The van der Waals surface area contributed by atoms with Crippen LogP contribution in [-0.2, 0) is 16.0 Å². The van der Waals surface area contributed by atoms with Crippen LogP contribution in [0.2, 0.25) is 0 Å². The number of hydrogen-bond donors (Lipinski definition) is 3. The maximum atomic E-state index is 12.8. The first-order chi connectivity index (χ1) is 17.4. The number of ether oxygens (including phenoxy) is 2. The van der Waals surface area contributed by atoms with Crippen LogP contribution in [0.4, 0.5) is 21.2 Å². The largest absolute Gasteiger partial charge is 0.503 e. The first kappa shape index (κ1) is 24.3. The van der Waals surface area contributed by atoms with Gasteiger partial charge in [0.25, 0.3) is 0 Å². The Morgan fingerprint density at radius 1 is 1.08 bits per heavy atom. The van der Waals surface area contributed by atoms with Gasteiger partial charge in [-0.3, -0.25) is 0 Å². The second kappa shape index (κ2) is 10.2. The molecular formula is C22H24N8O6. The number of nitrogens with zero attached hydrogens (tertiary/aromatic N) is 6. The van der Waals surface area contributed by atoms with Crippen LogP contribution in [0, 0.1) is 0 Å². The molecule has 0 spiro atoms. The van der Waals surface area contributed by atoms with Gasteiger partial charge in [0.1, 0.15) is 16.7 Å². The van der Waals surface area contributed by atoms with Crippen molar-refractivity contribution in [1.29, 1.82) is 0 Å². The van der Waals surface area contributed by atoms with Crippen molar-refractivity contribution in [2.45, 2.75) is 27.3 Å². The van der Waals surface area contributed by atoms with E-state index >= 15 is 0 Å². The number of hydrogen-bond acceptors (Lipinski definition) is 11. The molecule has 14 nitrogen and oxygen atoms in total. The van der Waals surface area contributed by atoms with Crippen LogP contribution < -0.4 is 16.2 Å². The lowest BCUT2D eigenvalue weighted by molar-refractivity contribution is 0.138. The minimum Gasteiger partial charge on any atom is -0.503 e. The second-order valence-electron chi connectivity index (χ2n) is 7.24. The Morgan fingerprint density at radius 2 is 1.81 bits per heavy atom. The molecule has 4 rings (SSSR count). The van der Waals surface area contributed by atoms with Crippen molar-refractivity contribution in [2.24, 2.45) is 0 Å². The number of amides is 2. The highest BCUT2D eigenvalue weighted by Crippen LogP contribution is 2.41. The van der Waals surface area contributed by atoms with E-state index < -0.39 is 17.9 Å². The van der Waals surface area contributed by atoms with Crippen molar-refractivity contribution in [3.8, 4) is 28.5 Å². The number of rotatable bonds is 6. The molecule has 1 aromatic carbocycles. The molecule has 0 aliphatic rings. The maximum absolute atomic E-state index is 12.8. The van der Waals surface area contributed by atoms with E-state index in [-0.39, 0.29) is 41.9 Å². The van der Waals surface area contributed by atoms with Gasteiger partial charge >= 0.3 is 12.2 Å². The average Bonchev–Trinajstić information content (AvgIpc) is 3.47. The molecule has 3 heterocycles. The maximum Gasteiger partial charge on any atom is 0.435 e. The number of pyridine rings is 1. The Kier molecular flexibility index (Phi) is 6.85. The van der Waals surface area contributed by atoms with Gasteiger partial charge in [0.05, 0.1) is 13.2 Å². The fourth-order valence-corrected chi connectivity index (χ4v) is 3.60. The monoisotopic (exact) mass is 496 g/mol. The van der Waals surface area contributed by atoms with E-state index in [2.05, 4.69) is 25.7 Å². The lowest BCUT2D eigenvalue weighted by Crippen LogP contribution is -2.47. The van der Waals surface area contributed by atoms with Gasteiger partial charge in [-0.2, -0.15) is 5.01 Å². The Hall–Kier alpha value is -4.88. The summed E-state index contributed by atoms with van der Waals surface area (Å²) in [6, 6.07) is 8.99. The molecule has 0 atom stereocenters. The van der Waals surface area contributed by atoms with E-state index in [0.717, 1.165) is 0 Å². The lowest BCUT2D eigenvalue weighted by Gasteiger charge is -2.23. The minimum atomic E-state index is -0.987. The Morgan fingerprint density at radius 3 is 2.42 bits per heavy atom. The molecule has 0 bridgehead atoms. The van der Waals surface area contributed by atoms with Gasteiger partial charge in [-0.1, -0.05) is 30.3 Å². The zero-order valence-corrected chi connectivity index (χ0v) is 19.8. The first-order valence-corrected chi connectivity index (χ1v) is 11.1. The number of fused-ring (bicyclic) bond motifs is 1. The quantitative estimate of drug-likeness (QED) is 0.333. The standard InChI is InChI=1S/C22H24N8O6/c1-4-29-16-14(25-19(29)15-18(23)28-36-27-15)13(12-10-8-7-9-11-12)24-20(17(16)31)30(22(33)35-6-3)26-21(32)34-5-2/h7-11,31H,4-6H2,1-3H3,(H2,23,28)(H,26,32). The predicted molar refractivity (Wildman–Crippen MR) is 128 cm³/mol. The topological polar surface area (TPSA) is 184 Å². The van der Waals surface area contributed by atoms with Crippen molar-refractivity contribution >= 4 is 34.9 Å². The Balaban J connectivity index is 2.04. The van der Waals surface area contributed by atoms with Crippen LogP contribution in [0.5, 0.6) is 5.75 Å². The lowest BCUT2D eigenvalue weighted by atomic mass is 10.1. The fraction of sp³-hybridized carbons (Fsp3) is 0.273. The van der Waals surface area contributed by atoms with E-state index in [9.17, 15) is 14.7 Å². The number of hydrazine groups is 1. The second-order valence-corrected chi connectivity index (χ2v) is 7.24. The van der Waals surface area contributed by atoms with Gasteiger partial charge in [-0.05, 0) is 31.1 Å².